The maximum Gasteiger partial charge on any atom is 0.433 e. The molecule has 0 saturated carbocycles. The molecule has 1 atom stereocenters. The van der Waals surface area contributed by atoms with E-state index >= 15 is 0 Å². The van der Waals surface area contributed by atoms with Gasteiger partial charge in [-0.25, -0.2) is 15.0 Å². The van der Waals surface area contributed by atoms with Gasteiger partial charge in [0.25, 0.3) is 0 Å². The lowest BCUT2D eigenvalue weighted by Crippen LogP contribution is -2.63. The average molecular weight is 509 g/mol. The fraction of sp³-hybridized carbons (Fsp3) is 0.435. The summed E-state index contributed by atoms with van der Waals surface area (Å²) in [4.78, 5) is 25.3. The van der Waals surface area contributed by atoms with E-state index in [4.69, 9.17) is 15.0 Å². The summed E-state index contributed by atoms with van der Waals surface area (Å²) >= 11 is 0. The Bertz CT molecular complexity index is 1250. The number of carbonyl (C=O) groups excluding carboxylic acids is 1. The number of amides is 1. The van der Waals surface area contributed by atoms with Crippen molar-refractivity contribution in [1.82, 2.24) is 25.9 Å². The fourth-order valence-electron chi connectivity index (χ4n) is 3.69. The Morgan fingerprint density at radius 1 is 1.25 bits per heavy atom. The third-order valence-corrected chi connectivity index (χ3v) is 5.65. The van der Waals surface area contributed by atoms with Gasteiger partial charge in [-0.2, -0.15) is 13.2 Å². The Morgan fingerprint density at radius 3 is 2.61 bits per heavy atom. The van der Waals surface area contributed by atoms with E-state index in [1.54, 1.807) is 11.9 Å². The molecule has 3 heterocycles. The van der Waals surface area contributed by atoms with Crippen molar-refractivity contribution in [3.8, 4) is 17.2 Å². The monoisotopic (exact) mass is 508 g/mol. The molecule has 1 aliphatic heterocycles. The van der Waals surface area contributed by atoms with Crippen LogP contribution < -0.4 is 16.6 Å². The van der Waals surface area contributed by atoms with Gasteiger partial charge in [-0.1, -0.05) is 13.8 Å². The number of carbonyl (C=O) groups is 1. The van der Waals surface area contributed by atoms with Crippen LogP contribution in [0.3, 0.4) is 0 Å². The van der Waals surface area contributed by atoms with Crippen LogP contribution in [-0.4, -0.2) is 45.1 Å². The van der Waals surface area contributed by atoms with E-state index < -0.39 is 23.7 Å². The van der Waals surface area contributed by atoms with E-state index in [1.165, 1.54) is 18.2 Å². The van der Waals surface area contributed by atoms with E-state index in [0.717, 1.165) is 6.07 Å². The zero-order valence-corrected chi connectivity index (χ0v) is 19.9. The first-order valence-electron chi connectivity index (χ1n) is 11.3. The third kappa shape index (κ3) is 5.43. The molecule has 0 spiro atoms. The van der Waals surface area contributed by atoms with E-state index in [0.29, 0.717) is 30.1 Å². The van der Waals surface area contributed by atoms with Crippen LogP contribution in [0.15, 0.2) is 28.7 Å². The van der Waals surface area contributed by atoms with Gasteiger partial charge in [0.2, 0.25) is 11.8 Å². The minimum absolute atomic E-state index is 0.00756. The number of hydrazine groups is 1. The van der Waals surface area contributed by atoms with Gasteiger partial charge in [-0.15, -0.1) is 5.59 Å². The van der Waals surface area contributed by atoms with E-state index in [2.05, 4.69) is 20.9 Å². The molecule has 1 aromatic carbocycles. The molecule has 36 heavy (non-hydrogen) atoms. The smallest absolute Gasteiger partial charge is 0.433 e. The zero-order chi connectivity index (χ0) is 26.2. The first-order valence-corrected chi connectivity index (χ1v) is 11.3. The first kappa shape index (κ1) is 25.8. The lowest BCUT2D eigenvalue weighted by atomic mass is 10.1. The number of pyridine rings is 1. The predicted molar refractivity (Wildman–Crippen MR) is 123 cm³/mol. The first-order chi connectivity index (χ1) is 16.9. The Kier molecular flexibility index (Phi) is 7.18. The van der Waals surface area contributed by atoms with Crippen LogP contribution >= 0.6 is 0 Å². The minimum Gasteiger partial charge on any atom is -0.506 e. The number of halogens is 3. The second kappa shape index (κ2) is 10.0. The summed E-state index contributed by atoms with van der Waals surface area (Å²) in [6.07, 6.45) is -4.66. The van der Waals surface area contributed by atoms with E-state index in [1.807, 2.05) is 13.8 Å². The Hall–Kier alpha value is -3.26. The fourth-order valence-corrected chi connectivity index (χ4v) is 3.69. The van der Waals surface area contributed by atoms with Gasteiger partial charge in [-0.3, -0.25) is 9.63 Å². The number of phenolic OH excluding ortho intramolecular Hbond substituents is 1. The van der Waals surface area contributed by atoms with E-state index in [9.17, 15) is 23.1 Å². The van der Waals surface area contributed by atoms with Crippen molar-refractivity contribution in [2.45, 2.75) is 45.6 Å². The summed E-state index contributed by atoms with van der Waals surface area (Å²) in [5.74, 6) is -0.0474. The highest BCUT2D eigenvalue weighted by atomic mass is 19.4. The molecule has 4 rings (SSSR count). The number of phenols is 1. The van der Waals surface area contributed by atoms with Crippen LogP contribution in [0.2, 0.25) is 0 Å². The molecule has 0 aliphatic carbocycles. The molecule has 194 valence electrons. The molecule has 3 aromatic rings. The van der Waals surface area contributed by atoms with Crippen LogP contribution in [0.4, 0.5) is 13.2 Å². The van der Waals surface area contributed by atoms with Crippen molar-refractivity contribution >= 4 is 16.8 Å². The number of nitrogens with one attached hydrogen (secondary N) is 2. The number of aromatic nitrogens is 2. The molecular formula is C23H27F3N6O4. The van der Waals surface area contributed by atoms with Crippen molar-refractivity contribution in [3.63, 3.8) is 0 Å². The van der Waals surface area contributed by atoms with Gasteiger partial charge in [0.1, 0.15) is 35.0 Å². The maximum absolute atomic E-state index is 13.1. The van der Waals surface area contributed by atoms with Crippen LogP contribution in [0, 0.1) is 5.92 Å². The molecular weight excluding hydrogens is 481 g/mol. The van der Waals surface area contributed by atoms with Gasteiger partial charge in [0.05, 0.1) is 12.1 Å². The topological polar surface area (TPSA) is 139 Å². The Balaban J connectivity index is 1.48. The van der Waals surface area contributed by atoms with Crippen LogP contribution in [0.25, 0.3) is 22.4 Å². The minimum atomic E-state index is -4.66. The van der Waals surface area contributed by atoms with Crippen molar-refractivity contribution in [2.75, 3.05) is 13.1 Å². The number of benzene rings is 1. The lowest BCUT2D eigenvalue weighted by molar-refractivity contribution is -0.141. The number of nitrogens with zero attached hydrogens (tertiary/aromatic N) is 3. The number of nitrogens with two attached hydrogens (primary N) is 1. The highest BCUT2D eigenvalue weighted by Gasteiger charge is 2.33. The number of fused-ring (bicyclic) bond motifs is 1. The molecule has 13 heteroatoms. The SMILES string of the molecule is CC(C)C(=O)NC1CN(NOCc2nc(-c3ccc(O)c4nc(C(F)(F)F)ccc34)oc2[C@H](C)N)C1. The number of hydrogen-bond donors (Lipinski definition) is 4. The van der Waals surface area contributed by atoms with Crippen molar-refractivity contribution in [1.29, 1.82) is 0 Å². The molecule has 10 nitrogen and oxygen atoms in total. The molecule has 0 bridgehead atoms. The summed E-state index contributed by atoms with van der Waals surface area (Å²) in [7, 11) is 0. The number of rotatable bonds is 8. The molecule has 1 amide bonds. The summed E-state index contributed by atoms with van der Waals surface area (Å²) in [6, 6.07) is 4.26. The van der Waals surface area contributed by atoms with Crippen molar-refractivity contribution in [2.24, 2.45) is 11.7 Å². The number of oxazole rings is 1. The number of aromatic hydroxyl groups is 1. The summed E-state index contributed by atoms with van der Waals surface area (Å²) in [5.41, 5.74) is 8.21. The van der Waals surface area contributed by atoms with Gasteiger partial charge in [-0.05, 0) is 31.2 Å². The van der Waals surface area contributed by atoms with Gasteiger partial charge >= 0.3 is 6.18 Å². The van der Waals surface area contributed by atoms with Gasteiger partial charge < -0.3 is 20.6 Å². The van der Waals surface area contributed by atoms with Crippen LogP contribution in [0.1, 0.15) is 44.0 Å². The second-order valence-electron chi connectivity index (χ2n) is 8.99. The average Bonchev–Trinajstić information content (AvgIpc) is 3.20. The summed E-state index contributed by atoms with van der Waals surface area (Å²) in [5, 5.41) is 15.0. The van der Waals surface area contributed by atoms with Gasteiger partial charge in [0, 0.05) is 30.0 Å². The Labute approximate surface area is 204 Å². The highest BCUT2D eigenvalue weighted by Crippen LogP contribution is 2.37. The van der Waals surface area contributed by atoms with Crippen molar-refractivity contribution < 1.29 is 32.3 Å². The molecule has 1 saturated heterocycles. The molecule has 0 radical (unpaired) electrons. The molecule has 1 fully saturated rings. The number of alkyl halides is 3. The molecule has 0 unspecified atom stereocenters. The second-order valence-corrected chi connectivity index (χ2v) is 8.99. The molecule has 1 aliphatic rings. The maximum atomic E-state index is 13.1. The third-order valence-electron chi connectivity index (χ3n) is 5.65. The summed E-state index contributed by atoms with van der Waals surface area (Å²) in [6.45, 7) is 6.47. The largest absolute Gasteiger partial charge is 0.506 e. The number of hydrogen-bond acceptors (Lipinski definition) is 9. The predicted octanol–water partition coefficient (Wildman–Crippen LogP) is 3.03. The lowest BCUT2D eigenvalue weighted by Gasteiger charge is -2.39. The summed E-state index contributed by atoms with van der Waals surface area (Å²) < 4.78 is 45.2. The highest BCUT2D eigenvalue weighted by molar-refractivity contribution is 5.96. The quantitative estimate of drug-likeness (QED) is 0.338. The van der Waals surface area contributed by atoms with Gasteiger partial charge in [0.15, 0.2) is 0 Å². The molecule has 5 N–H and O–H groups in total. The normalized spacial score (nSPS) is 15.9. The zero-order valence-electron chi connectivity index (χ0n) is 19.9. The molecule has 2 aromatic heterocycles. The standard InChI is InChI=1S/C23H27F3N6O4/c1-11(2)21(34)28-13-8-32(9-13)31-35-10-16-20(12(3)27)36-22(29-16)15-4-6-17(33)19-14(15)5-7-18(30-19)23(24,25)26/h4-7,11-13,31,33H,8-10,27H2,1-3H3,(H,28,34)/t12-/m0/s1. The van der Waals surface area contributed by atoms with E-state index in [-0.39, 0.29) is 41.3 Å². The van der Waals surface area contributed by atoms with Crippen LogP contribution in [-0.2, 0) is 22.4 Å². The van der Waals surface area contributed by atoms with Crippen LogP contribution in [0.5, 0.6) is 5.75 Å². The Morgan fingerprint density at radius 2 is 1.97 bits per heavy atom. The van der Waals surface area contributed by atoms with Crippen molar-refractivity contribution in [3.05, 3.63) is 41.4 Å².